The fourth-order valence-corrected chi connectivity index (χ4v) is 2.77. The molecule has 102 valence electrons. The summed E-state index contributed by atoms with van der Waals surface area (Å²) in [6.45, 7) is 0. The summed E-state index contributed by atoms with van der Waals surface area (Å²) >= 11 is 8.53. The van der Waals surface area contributed by atoms with E-state index in [2.05, 4.69) is 26.6 Å². The van der Waals surface area contributed by atoms with E-state index < -0.39 is 0 Å². The number of benzene rings is 1. The van der Waals surface area contributed by atoms with Gasteiger partial charge in [0.05, 0.1) is 0 Å². The zero-order chi connectivity index (χ0) is 13.7. The van der Waals surface area contributed by atoms with Gasteiger partial charge in [0.2, 0.25) is 0 Å². The van der Waals surface area contributed by atoms with Crippen molar-refractivity contribution in [2.45, 2.75) is 38.1 Å². The first kappa shape index (κ1) is 14.5. The van der Waals surface area contributed by atoms with Crippen molar-refractivity contribution in [1.29, 1.82) is 0 Å². The Morgan fingerprint density at radius 2 is 1.79 bits per heavy atom. The predicted molar refractivity (Wildman–Crippen MR) is 84.2 cm³/mol. The summed E-state index contributed by atoms with van der Waals surface area (Å²) in [5.74, 6) is -0.166. The first-order chi connectivity index (χ1) is 9.15. The van der Waals surface area contributed by atoms with Gasteiger partial charge in [0.1, 0.15) is 0 Å². The highest BCUT2D eigenvalue weighted by atomic mass is 79.9. The molecule has 0 saturated heterocycles. The van der Waals surface area contributed by atoms with E-state index in [1.807, 2.05) is 12.1 Å². The summed E-state index contributed by atoms with van der Waals surface area (Å²) in [5, 5.41) is 6.38. The summed E-state index contributed by atoms with van der Waals surface area (Å²) in [6.07, 6.45) is 6.04. The maximum absolute atomic E-state index is 12.0. The lowest BCUT2D eigenvalue weighted by Gasteiger charge is -2.24. The van der Waals surface area contributed by atoms with E-state index in [9.17, 15) is 4.79 Å². The van der Waals surface area contributed by atoms with Crippen LogP contribution in [0.5, 0.6) is 0 Å². The van der Waals surface area contributed by atoms with Crippen LogP contribution < -0.4 is 10.6 Å². The van der Waals surface area contributed by atoms with Crippen molar-refractivity contribution in [3.8, 4) is 0 Å². The predicted octanol–water partition coefficient (Wildman–Crippen LogP) is 3.39. The van der Waals surface area contributed by atoms with Crippen LogP contribution in [-0.2, 0) is 0 Å². The minimum Gasteiger partial charge on any atom is -0.360 e. The van der Waals surface area contributed by atoms with E-state index in [1.165, 1.54) is 19.3 Å². The minimum absolute atomic E-state index is 0.166. The van der Waals surface area contributed by atoms with E-state index in [0.29, 0.717) is 16.7 Å². The van der Waals surface area contributed by atoms with Crippen LogP contribution in [0.1, 0.15) is 42.5 Å². The number of hydrogen-bond acceptors (Lipinski definition) is 2. The molecule has 19 heavy (non-hydrogen) atoms. The average molecular weight is 341 g/mol. The molecule has 1 saturated carbocycles. The molecule has 2 N–H and O–H groups in total. The molecule has 0 radical (unpaired) electrons. The normalized spacial score (nSPS) is 15.8. The van der Waals surface area contributed by atoms with Crippen LogP contribution in [0.3, 0.4) is 0 Å². The number of nitrogens with one attached hydrogen (secondary N) is 2. The molecule has 0 atom stereocenters. The number of hydrogen-bond donors (Lipinski definition) is 2. The molecular weight excluding hydrogens is 324 g/mol. The third-order valence-electron chi connectivity index (χ3n) is 3.27. The highest BCUT2D eigenvalue weighted by Gasteiger charge is 2.15. The SMILES string of the molecule is O=C(NC(=S)NC1CCCCC1)c1ccc(Br)cc1. The molecule has 3 nitrogen and oxygen atoms in total. The molecule has 2 rings (SSSR count). The van der Waals surface area contributed by atoms with Crippen LogP contribution in [0.4, 0.5) is 0 Å². The fourth-order valence-electron chi connectivity index (χ4n) is 2.24. The summed E-state index contributed by atoms with van der Waals surface area (Å²) in [4.78, 5) is 12.0. The lowest BCUT2D eigenvalue weighted by Crippen LogP contribution is -2.44. The van der Waals surface area contributed by atoms with E-state index >= 15 is 0 Å². The van der Waals surface area contributed by atoms with Crippen molar-refractivity contribution in [2.75, 3.05) is 0 Å². The molecule has 0 unspecified atom stereocenters. The summed E-state index contributed by atoms with van der Waals surface area (Å²) < 4.78 is 0.951. The van der Waals surface area contributed by atoms with Gasteiger partial charge < -0.3 is 5.32 Å². The van der Waals surface area contributed by atoms with E-state index in [4.69, 9.17) is 12.2 Å². The molecule has 1 fully saturated rings. The molecule has 1 aliphatic rings. The molecule has 1 aromatic carbocycles. The number of halogens is 1. The number of thiocarbonyl (C=S) groups is 1. The lowest BCUT2D eigenvalue weighted by molar-refractivity contribution is 0.0976. The van der Waals surface area contributed by atoms with Crippen molar-refractivity contribution < 1.29 is 4.79 Å². The van der Waals surface area contributed by atoms with Crippen LogP contribution in [0.2, 0.25) is 0 Å². The third kappa shape index (κ3) is 4.58. The quantitative estimate of drug-likeness (QED) is 0.811. The van der Waals surface area contributed by atoms with Crippen LogP contribution in [0.25, 0.3) is 0 Å². The minimum atomic E-state index is -0.166. The van der Waals surface area contributed by atoms with Gasteiger partial charge in [-0.25, -0.2) is 0 Å². The van der Waals surface area contributed by atoms with Crippen LogP contribution in [0.15, 0.2) is 28.7 Å². The van der Waals surface area contributed by atoms with E-state index in [1.54, 1.807) is 12.1 Å². The van der Waals surface area contributed by atoms with Gasteiger partial charge >= 0.3 is 0 Å². The Morgan fingerprint density at radius 1 is 1.16 bits per heavy atom. The van der Waals surface area contributed by atoms with E-state index in [0.717, 1.165) is 17.3 Å². The average Bonchev–Trinajstić information content (AvgIpc) is 2.40. The summed E-state index contributed by atoms with van der Waals surface area (Å²) in [5.41, 5.74) is 0.607. The van der Waals surface area contributed by atoms with Gasteiger partial charge in [-0.3, -0.25) is 10.1 Å². The zero-order valence-corrected chi connectivity index (χ0v) is 13.0. The van der Waals surface area contributed by atoms with Gasteiger partial charge in [0.15, 0.2) is 5.11 Å². The Labute approximate surface area is 127 Å². The summed E-state index contributed by atoms with van der Waals surface area (Å²) in [7, 11) is 0. The smallest absolute Gasteiger partial charge is 0.257 e. The molecule has 1 aromatic rings. The second-order valence-corrected chi connectivity index (χ2v) is 6.09. The molecule has 1 aliphatic carbocycles. The Bertz CT molecular complexity index is 455. The van der Waals surface area contributed by atoms with Crippen molar-refractivity contribution in [1.82, 2.24) is 10.6 Å². The highest BCUT2D eigenvalue weighted by Crippen LogP contribution is 2.17. The molecule has 0 spiro atoms. The van der Waals surface area contributed by atoms with Crippen molar-refractivity contribution in [3.63, 3.8) is 0 Å². The maximum Gasteiger partial charge on any atom is 0.257 e. The number of rotatable bonds is 2. The second kappa shape index (κ2) is 7.01. The maximum atomic E-state index is 12.0. The van der Waals surface area contributed by atoms with Gasteiger partial charge in [0, 0.05) is 16.1 Å². The van der Waals surface area contributed by atoms with Gasteiger partial charge in [-0.1, -0.05) is 35.2 Å². The molecule has 0 heterocycles. The Kier molecular flexibility index (Phi) is 5.34. The Hall–Kier alpha value is -0.940. The monoisotopic (exact) mass is 340 g/mol. The standard InChI is InChI=1S/C14H17BrN2OS/c15-11-8-6-10(7-9-11)13(18)17-14(19)16-12-4-2-1-3-5-12/h6-9,12H,1-5H2,(H2,16,17,18,19). The molecular formula is C14H17BrN2OS. The zero-order valence-electron chi connectivity index (χ0n) is 10.6. The summed E-state index contributed by atoms with van der Waals surface area (Å²) in [6, 6.07) is 7.62. The Balaban J connectivity index is 1.84. The van der Waals surface area contributed by atoms with Gasteiger partial charge in [-0.15, -0.1) is 0 Å². The highest BCUT2D eigenvalue weighted by molar-refractivity contribution is 9.10. The first-order valence-corrected chi connectivity index (χ1v) is 7.73. The van der Waals surface area contributed by atoms with Crippen LogP contribution in [-0.4, -0.2) is 17.1 Å². The van der Waals surface area contributed by atoms with Crippen molar-refractivity contribution in [2.24, 2.45) is 0 Å². The molecule has 0 bridgehead atoms. The largest absolute Gasteiger partial charge is 0.360 e. The molecule has 0 aliphatic heterocycles. The molecule has 0 aromatic heterocycles. The third-order valence-corrected chi connectivity index (χ3v) is 4.02. The van der Waals surface area contributed by atoms with Gasteiger partial charge in [0.25, 0.3) is 5.91 Å². The number of amides is 1. The second-order valence-electron chi connectivity index (χ2n) is 4.77. The Morgan fingerprint density at radius 3 is 2.42 bits per heavy atom. The first-order valence-electron chi connectivity index (χ1n) is 6.52. The molecule has 5 heteroatoms. The number of carbonyl (C=O) groups excluding carboxylic acids is 1. The van der Waals surface area contributed by atoms with Crippen molar-refractivity contribution >= 4 is 39.2 Å². The van der Waals surface area contributed by atoms with E-state index in [-0.39, 0.29) is 5.91 Å². The lowest BCUT2D eigenvalue weighted by atomic mass is 9.96. The van der Waals surface area contributed by atoms with Crippen molar-refractivity contribution in [3.05, 3.63) is 34.3 Å². The van der Waals surface area contributed by atoms with Crippen LogP contribution >= 0.6 is 28.1 Å². The van der Waals surface area contributed by atoms with Gasteiger partial charge in [-0.05, 0) is 49.3 Å². The van der Waals surface area contributed by atoms with Crippen LogP contribution in [0, 0.1) is 0 Å². The number of carbonyl (C=O) groups is 1. The van der Waals surface area contributed by atoms with Gasteiger partial charge in [-0.2, -0.15) is 0 Å². The topological polar surface area (TPSA) is 41.1 Å². The molecule has 1 amide bonds. The fraction of sp³-hybridized carbons (Fsp3) is 0.429.